The van der Waals surface area contributed by atoms with Gasteiger partial charge in [-0.15, -0.1) is 0 Å². The quantitative estimate of drug-likeness (QED) is 0.463. The number of hydrogen-bond acceptors (Lipinski definition) is 4. The van der Waals surface area contributed by atoms with E-state index in [0.29, 0.717) is 17.7 Å². The van der Waals surface area contributed by atoms with E-state index in [0.717, 1.165) is 22.8 Å². The second-order valence-electron chi connectivity index (χ2n) is 6.05. The summed E-state index contributed by atoms with van der Waals surface area (Å²) in [6.45, 7) is 5.38. The van der Waals surface area contributed by atoms with Crippen molar-refractivity contribution < 1.29 is 19.4 Å². The Bertz CT molecular complexity index is 1080. The average Bonchev–Trinajstić information content (AvgIpc) is 2.79. The Labute approximate surface area is 175 Å². The predicted molar refractivity (Wildman–Crippen MR) is 116 cm³/mol. The monoisotopic (exact) mass is 399 g/mol. The number of carbonyl (C=O) groups is 2. The summed E-state index contributed by atoms with van der Waals surface area (Å²) in [7, 11) is 0. The van der Waals surface area contributed by atoms with Crippen LogP contribution in [0.1, 0.15) is 22.8 Å². The summed E-state index contributed by atoms with van der Waals surface area (Å²) < 4.78 is 4.43. The first kappa shape index (κ1) is 22.1. The van der Waals surface area contributed by atoms with E-state index in [1.54, 1.807) is 43.3 Å². The standard InChI is InChI=1S/C20H13NO2.C5H8O2/c21-13-14-10-11-16(15-6-2-1-3-7-15)19(12-14)17-8-4-5-9-18(17)20(22)23;1-3-5(6)7-4-2/h1-12H,(H,22,23);3H,1,4H2,2H3. The molecule has 0 aliphatic rings. The predicted octanol–water partition coefficient (Wildman–Crippen LogP) is 5.33. The number of nitriles is 1. The van der Waals surface area contributed by atoms with Gasteiger partial charge in [-0.3, -0.25) is 0 Å². The molecule has 30 heavy (non-hydrogen) atoms. The van der Waals surface area contributed by atoms with E-state index in [9.17, 15) is 20.0 Å². The Hall–Kier alpha value is -4.17. The number of aromatic carboxylic acids is 1. The smallest absolute Gasteiger partial charge is 0.336 e. The lowest BCUT2D eigenvalue weighted by Gasteiger charge is -2.13. The molecular formula is C25H21NO4. The Morgan fingerprint density at radius 2 is 1.67 bits per heavy atom. The molecule has 0 amide bonds. The molecule has 1 N–H and O–H groups in total. The molecule has 0 saturated carbocycles. The third kappa shape index (κ3) is 5.66. The minimum atomic E-state index is -0.984. The van der Waals surface area contributed by atoms with Crippen molar-refractivity contribution in [2.45, 2.75) is 6.92 Å². The number of hydrogen-bond donors (Lipinski definition) is 1. The lowest BCUT2D eigenvalue weighted by molar-refractivity contribution is -0.137. The van der Waals surface area contributed by atoms with Gasteiger partial charge in [-0.25, -0.2) is 9.59 Å². The lowest BCUT2D eigenvalue weighted by Crippen LogP contribution is -2.00. The van der Waals surface area contributed by atoms with E-state index in [2.05, 4.69) is 17.4 Å². The Balaban J connectivity index is 0.000000396. The van der Waals surface area contributed by atoms with Gasteiger partial charge in [0.2, 0.25) is 0 Å². The highest BCUT2D eigenvalue weighted by atomic mass is 16.5. The van der Waals surface area contributed by atoms with Gasteiger partial charge in [-0.1, -0.05) is 61.2 Å². The van der Waals surface area contributed by atoms with Crippen molar-refractivity contribution >= 4 is 11.9 Å². The number of carboxylic acid groups (broad SMARTS) is 1. The molecule has 0 heterocycles. The van der Waals surface area contributed by atoms with E-state index < -0.39 is 5.97 Å². The van der Waals surface area contributed by atoms with Crippen LogP contribution in [-0.2, 0) is 9.53 Å². The van der Waals surface area contributed by atoms with Crippen molar-refractivity contribution in [3.8, 4) is 28.3 Å². The van der Waals surface area contributed by atoms with Crippen LogP contribution in [0.4, 0.5) is 0 Å². The van der Waals surface area contributed by atoms with Crippen LogP contribution in [0.2, 0.25) is 0 Å². The van der Waals surface area contributed by atoms with E-state index in [4.69, 9.17) is 0 Å². The molecule has 5 nitrogen and oxygen atoms in total. The molecule has 150 valence electrons. The number of ether oxygens (including phenoxy) is 1. The number of nitrogens with zero attached hydrogens (tertiary/aromatic N) is 1. The molecule has 5 heteroatoms. The molecule has 3 aromatic rings. The van der Waals surface area contributed by atoms with E-state index in [1.165, 1.54) is 0 Å². The fourth-order valence-electron chi connectivity index (χ4n) is 2.81. The molecule has 0 radical (unpaired) electrons. The van der Waals surface area contributed by atoms with Gasteiger partial charge in [0, 0.05) is 6.08 Å². The normalized spacial score (nSPS) is 9.47. The number of esters is 1. The number of carboxylic acids is 1. The van der Waals surface area contributed by atoms with Gasteiger partial charge in [0.1, 0.15) is 0 Å². The third-order valence-corrected chi connectivity index (χ3v) is 4.13. The zero-order valence-corrected chi connectivity index (χ0v) is 16.5. The van der Waals surface area contributed by atoms with Crippen LogP contribution >= 0.6 is 0 Å². The Morgan fingerprint density at radius 3 is 2.23 bits per heavy atom. The molecule has 0 atom stereocenters. The first-order valence-electron chi connectivity index (χ1n) is 9.23. The summed E-state index contributed by atoms with van der Waals surface area (Å²) >= 11 is 0. The van der Waals surface area contributed by atoms with Crippen LogP contribution in [0.25, 0.3) is 22.3 Å². The van der Waals surface area contributed by atoms with Crippen molar-refractivity contribution in [1.82, 2.24) is 0 Å². The number of benzene rings is 3. The summed E-state index contributed by atoms with van der Waals surface area (Å²) in [5, 5.41) is 18.6. The molecule has 0 unspecified atom stereocenters. The van der Waals surface area contributed by atoms with Crippen LogP contribution in [0.3, 0.4) is 0 Å². The van der Waals surface area contributed by atoms with Crippen LogP contribution in [0.15, 0.2) is 85.5 Å². The maximum absolute atomic E-state index is 11.5. The van der Waals surface area contributed by atoms with Gasteiger partial charge in [0.05, 0.1) is 23.8 Å². The van der Waals surface area contributed by atoms with Crippen molar-refractivity contribution in [3.05, 3.63) is 96.6 Å². The minimum absolute atomic E-state index is 0.222. The minimum Gasteiger partial charge on any atom is -0.478 e. The van der Waals surface area contributed by atoms with Crippen LogP contribution < -0.4 is 0 Å². The van der Waals surface area contributed by atoms with E-state index in [-0.39, 0.29) is 11.5 Å². The molecule has 0 saturated heterocycles. The molecule has 0 bridgehead atoms. The Morgan fingerprint density at radius 1 is 1.00 bits per heavy atom. The fourth-order valence-corrected chi connectivity index (χ4v) is 2.81. The van der Waals surface area contributed by atoms with Gasteiger partial charge >= 0.3 is 11.9 Å². The fraction of sp³-hybridized carbons (Fsp3) is 0.0800. The van der Waals surface area contributed by atoms with Crippen LogP contribution in [0, 0.1) is 11.3 Å². The molecule has 0 aliphatic heterocycles. The van der Waals surface area contributed by atoms with Gasteiger partial charge in [0.15, 0.2) is 0 Å². The van der Waals surface area contributed by atoms with Gasteiger partial charge in [0.25, 0.3) is 0 Å². The highest BCUT2D eigenvalue weighted by Gasteiger charge is 2.15. The topological polar surface area (TPSA) is 87.4 Å². The van der Waals surface area contributed by atoms with Gasteiger partial charge in [-0.05, 0) is 47.4 Å². The first-order chi connectivity index (χ1) is 14.5. The largest absolute Gasteiger partial charge is 0.478 e. The number of rotatable bonds is 5. The molecule has 0 aromatic heterocycles. The highest BCUT2D eigenvalue weighted by Crippen LogP contribution is 2.34. The summed E-state index contributed by atoms with van der Waals surface area (Å²) in [4.78, 5) is 21.6. The molecule has 0 aliphatic carbocycles. The van der Waals surface area contributed by atoms with Crippen molar-refractivity contribution in [3.63, 3.8) is 0 Å². The summed E-state index contributed by atoms with van der Waals surface area (Å²) in [6, 6.07) is 24.0. The lowest BCUT2D eigenvalue weighted by atomic mass is 9.90. The molecule has 3 aromatic carbocycles. The van der Waals surface area contributed by atoms with Gasteiger partial charge in [-0.2, -0.15) is 5.26 Å². The number of carbonyl (C=O) groups excluding carboxylic acids is 1. The Kier molecular flexibility index (Phi) is 8.10. The zero-order chi connectivity index (χ0) is 21.9. The maximum Gasteiger partial charge on any atom is 0.336 e. The summed E-state index contributed by atoms with van der Waals surface area (Å²) in [6.07, 6.45) is 1.14. The first-order valence-corrected chi connectivity index (χ1v) is 9.23. The third-order valence-electron chi connectivity index (χ3n) is 4.13. The second-order valence-corrected chi connectivity index (χ2v) is 6.05. The van der Waals surface area contributed by atoms with Gasteiger partial charge < -0.3 is 9.84 Å². The summed E-state index contributed by atoms with van der Waals surface area (Å²) in [5.74, 6) is -1.34. The van der Waals surface area contributed by atoms with Crippen molar-refractivity contribution in [2.75, 3.05) is 6.61 Å². The molecular weight excluding hydrogens is 378 g/mol. The van der Waals surface area contributed by atoms with Crippen molar-refractivity contribution in [2.24, 2.45) is 0 Å². The van der Waals surface area contributed by atoms with E-state index in [1.807, 2.05) is 36.4 Å². The van der Waals surface area contributed by atoms with E-state index >= 15 is 0 Å². The van der Waals surface area contributed by atoms with Crippen molar-refractivity contribution in [1.29, 1.82) is 5.26 Å². The van der Waals surface area contributed by atoms with Crippen LogP contribution in [0.5, 0.6) is 0 Å². The SMILES string of the molecule is C=CC(=O)OCC.N#Cc1ccc(-c2ccccc2)c(-c2ccccc2C(=O)O)c1. The molecule has 3 rings (SSSR count). The molecule has 0 spiro atoms. The second kappa shape index (κ2) is 11.0. The highest BCUT2D eigenvalue weighted by molar-refractivity contribution is 5.99. The zero-order valence-electron chi connectivity index (χ0n) is 16.5. The van der Waals surface area contributed by atoms with Crippen LogP contribution in [-0.4, -0.2) is 23.7 Å². The molecule has 0 fully saturated rings. The average molecular weight is 399 g/mol. The summed E-state index contributed by atoms with van der Waals surface area (Å²) in [5.41, 5.74) is 3.95. The maximum atomic E-state index is 11.5.